The number of rotatable bonds is 3. The van der Waals surface area contributed by atoms with Gasteiger partial charge in [-0.15, -0.1) is 0 Å². The van der Waals surface area contributed by atoms with Crippen molar-refractivity contribution in [3.8, 4) is 0 Å². The van der Waals surface area contributed by atoms with Gasteiger partial charge in [0.15, 0.2) is 0 Å². The highest BCUT2D eigenvalue weighted by atomic mass is 35.5. The number of fused-ring (bicyclic) bond motifs is 1. The van der Waals surface area contributed by atoms with Crippen molar-refractivity contribution in [1.82, 2.24) is 14.9 Å². The summed E-state index contributed by atoms with van der Waals surface area (Å²) < 4.78 is 19.3. The number of H-pyrrole nitrogens is 1. The van der Waals surface area contributed by atoms with E-state index in [1.54, 1.807) is 24.3 Å². The summed E-state index contributed by atoms with van der Waals surface area (Å²) in [6, 6.07) is 9.41. The van der Waals surface area contributed by atoms with Crippen molar-refractivity contribution in [1.29, 1.82) is 0 Å². The Kier molecular flexibility index (Phi) is 5.41. The molecule has 0 radical (unpaired) electrons. The van der Waals surface area contributed by atoms with Crippen molar-refractivity contribution in [2.24, 2.45) is 0 Å². The number of hydrogen-bond acceptors (Lipinski definition) is 4. The molecule has 2 heterocycles. The van der Waals surface area contributed by atoms with Crippen LogP contribution in [0.25, 0.3) is 0 Å². The van der Waals surface area contributed by atoms with E-state index in [0.717, 1.165) is 5.69 Å². The molecule has 0 bridgehead atoms. The molecule has 1 aromatic heterocycles. The number of aromatic amines is 1. The van der Waals surface area contributed by atoms with Crippen molar-refractivity contribution in [3.05, 3.63) is 82.1 Å². The van der Waals surface area contributed by atoms with E-state index >= 15 is 0 Å². The van der Waals surface area contributed by atoms with Crippen molar-refractivity contribution < 1.29 is 18.7 Å². The Labute approximate surface area is 176 Å². The number of halogens is 2. The largest absolute Gasteiger partial charge is 0.465 e. The fraction of sp³-hybridized carbons (Fsp3) is 0.190. The molecule has 2 amide bonds. The molecule has 154 valence electrons. The summed E-state index contributed by atoms with van der Waals surface area (Å²) >= 11 is 6.09. The number of nitrogens with one attached hydrogen (secondary N) is 2. The Morgan fingerprint density at radius 3 is 2.77 bits per heavy atom. The lowest BCUT2D eigenvalue weighted by Gasteiger charge is -2.35. The number of urea groups is 1. The number of nitrogens with zero attached hydrogens (tertiary/aromatic N) is 2. The molecule has 7 nitrogen and oxygen atoms in total. The maximum absolute atomic E-state index is 14.7. The standard InChI is InChI=1S/C21H18ClFN4O3/c1-30-20(28)12-2-5-14(6-3-12)26-21(29)27-9-8-17-18(25-11-24-17)19(27)15-10-13(22)4-7-16(15)23/h2-7,10-11,19H,8-9H2,1H3,(H,24,25)(H,26,29)/t19-/m1/s1. The first-order chi connectivity index (χ1) is 14.5. The Morgan fingerprint density at radius 1 is 1.27 bits per heavy atom. The van der Waals surface area contributed by atoms with Gasteiger partial charge >= 0.3 is 12.0 Å². The molecule has 2 aromatic carbocycles. The number of hydrogen-bond donors (Lipinski definition) is 2. The second kappa shape index (κ2) is 8.16. The van der Waals surface area contributed by atoms with Gasteiger partial charge in [-0.1, -0.05) is 11.6 Å². The third-order valence-corrected chi connectivity index (χ3v) is 5.23. The zero-order valence-corrected chi connectivity index (χ0v) is 16.7. The molecule has 3 aromatic rings. The van der Waals surface area contributed by atoms with Crippen LogP contribution in [-0.4, -0.2) is 40.5 Å². The molecule has 2 N–H and O–H groups in total. The van der Waals surface area contributed by atoms with Gasteiger partial charge in [0.1, 0.15) is 11.9 Å². The third kappa shape index (κ3) is 3.73. The summed E-state index contributed by atoms with van der Waals surface area (Å²) in [5, 5.41) is 3.16. The fourth-order valence-electron chi connectivity index (χ4n) is 3.54. The average Bonchev–Trinajstić information content (AvgIpc) is 3.23. The molecule has 1 aliphatic rings. The maximum Gasteiger partial charge on any atom is 0.337 e. The van der Waals surface area contributed by atoms with Crippen LogP contribution in [-0.2, 0) is 11.2 Å². The fourth-order valence-corrected chi connectivity index (χ4v) is 3.72. The number of ether oxygens (including phenoxy) is 1. The molecule has 1 atom stereocenters. The first-order valence-corrected chi connectivity index (χ1v) is 9.59. The lowest BCUT2D eigenvalue weighted by Crippen LogP contribution is -2.43. The molecule has 0 fully saturated rings. The van der Waals surface area contributed by atoms with Crippen molar-refractivity contribution in [2.45, 2.75) is 12.5 Å². The van der Waals surface area contributed by atoms with Crippen LogP contribution in [0.5, 0.6) is 0 Å². The first-order valence-electron chi connectivity index (χ1n) is 9.21. The van der Waals surface area contributed by atoms with E-state index in [0.29, 0.717) is 34.9 Å². The number of benzene rings is 2. The molecular weight excluding hydrogens is 411 g/mol. The minimum Gasteiger partial charge on any atom is -0.465 e. The maximum atomic E-state index is 14.7. The van der Waals surface area contributed by atoms with E-state index in [-0.39, 0.29) is 5.56 Å². The smallest absolute Gasteiger partial charge is 0.337 e. The van der Waals surface area contributed by atoms with Gasteiger partial charge in [0, 0.05) is 34.9 Å². The van der Waals surface area contributed by atoms with Crippen LogP contribution in [0.3, 0.4) is 0 Å². The van der Waals surface area contributed by atoms with E-state index in [1.807, 2.05) is 0 Å². The van der Waals surface area contributed by atoms with Crippen LogP contribution in [0.15, 0.2) is 48.8 Å². The first kappa shape index (κ1) is 19.9. The minimum absolute atomic E-state index is 0.270. The Morgan fingerprint density at radius 2 is 2.03 bits per heavy atom. The van der Waals surface area contributed by atoms with E-state index in [2.05, 4.69) is 20.0 Å². The number of amides is 2. The number of esters is 1. The summed E-state index contributed by atoms with van der Waals surface area (Å²) in [6.45, 7) is 0.359. The Hall–Kier alpha value is -3.39. The SMILES string of the molecule is COC(=O)c1ccc(NC(=O)N2CCc3[nH]cnc3[C@H]2c2cc(Cl)ccc2F)cc1. The van der Waals surface area contributed by atoms with Gasteiger partial charge in [-0.2, -0.15) is 0 Å². The second-order valence-corrected chi connectivity index (χ2v) is 7.21. The third-order valence-electron chi connectivity index (χ3n) is 5.00. The molecule has 9 heteroatoms. The predicted octanol–water partition coefficient (Wildman–Crippen LogP) is 4.17. The summed E-state index contributed by atoms with van der Waals surface area (Å²) in [5.41, 5.74) is 2.57. The summed E-state index contributed by atoms with van der Waals surface area (Å²) in [5.74, 6) is -0.938. The van der Waals surface area contributed by atoms with Gasteiger partial charge in [0.25, 0.3) is 0 Å². The van der Waals surface area contributed by atoms with Crippen molar-refractivity contribution in [2.75, 3.05) is 19.0 Å². The van der Waals surface area contributed by atoms with Gasteiger partial charge in [0.2, 0.25) is 0 Å². The zero-order valence-electron chi connectivity index (χ0n) is 16.0. The monoisotopic (exact) mass is 428 g/mol. The molecule has 30 heavy (non-hydrogen) atoms. The van der Waals surface area contributed by atoms with Gasteiger partial charge in [0.05, 0.1) is 24.7 Å². The van der Waals surface area contributed by atoms with Crippen molar-refractivity contribution >= 4 is 29.3 Å². The topological polar surface area (TPSA) is 87.3 Å². The predicted molar refractivity (Wildman–Crippen MR) is 109 cm³/mol. The van der Waals surface area contributed by atoms with Crippen LogP contribution in [0.4, 0.5) is 14.9 Å². The number of imidazole rings is 1. The van der Waals surface area contributed by atoms with Gasteiger partial charge in [-0.25, -0.2) is 19.0 Å². The average molecular weight is 429 g/mol. The van der Waals surface area contributed by atoms with E-state index < -0.39 is 23.9 Å². The molecule has 0 spiro atoms. The van der Waals surface area contributed by atoms with E-state index in [4.69, 9.17) is 11.6 Å². The minimum atomic E-state index is -0.729. The molecule has 0 unspecified atom stereocenters. The van der Waals surface area contributed by atoms with Crippen LogP contribution in [0.1, 0.15) is 33.4 Å². The summed E-state index contributed by atoms with van der Waals surface area (Å²) in [4.78, 5) is 33.6. The lowest BCUT2D eigenvalue weighted by molar-refractivity contribution is 0.0600. The van der Waals surface area contributed by atoms with Gasteiger partial charge in [-0.3, -0.25) is 0 Å². The highest BCUT2D eigenvalue weighted by Crippen LogP contribution is 2.36. The quantitative estimate of drug-likeness (QED) is 0.613. The van der Waals surface area contributed by atoms with Crippen molar-refractivity contribution in [3.63, 3.8) is 0 Å². The highest BCUT2D eigenvalue weighted by Gasteiger charge is 2.35. The highest BCUT2D eigenvalue weighted by molar-refractivity contribution is 6.30. The molecule has 1 aliphatic heterocycles. The van der Waals surface area contributed by atoms with Crippen LogP contribution in [0.2, 0.25) is 5.02 Å². The number of carbonyl (C=O) groups is 2. The van der Waals surface area contributed by atoms with Crippen LogP contribution < -0.4 is 5.32 Å². The normalized spacial score (nSPS) is 15.4. The number of methoxy groups -OCH3 is 1. The summed E-state index contributed by atoms with van der Waals surface area (Å²) in [7, 11) is 1.30. The number of aromatic nitrogens is 2. The second-order valence-electron chi connectivity index (χ2n) is 6.78. The van der Waals surface area contributed by atoms with E-state index in [9.17, 15) is 14.0 Å². The van der Waals surface area contributed by atoms with Gasteiger partial charge < -0.3 is 19.9 Å². The number of carbonyl (C=O) groups excluding carboxylic acids is 2. The van der Waals surface area contributed by atoms with Gasteiger partial charge in [-0.05, 0) is 42.5 Å². The Bertz CT molecular complexity index is 1100. The summed E-state index contributed by atoms with van der Waals surface area (Å²) in [6.07, 6.45) is 2.09. The van der Waals surface area contributed by atoms with Crippen LogP contribution >= 0.6 is 11.6 Å². The lowest BCUT2D eigenvalue weighted by atomic mass is 9.95. The molecule has 0 saturated carbocycles. The van der Waals surface area contributed by atoms with E-state index in [1.165, 1.54) is 36.5 Å². The molecule has 4 rings (SSSR count). The molecule has 0 aliphatic carbocycles. The zero-order chi connectivity index (χ0) is 21.3. The molecular formula is C21H18ClFN4O3. The van der Waals surface area contributed by atoms with Crippen LogP contribution in [0, 0.1) is 5.82 Å². The molecule has 0 saturated heterocycles. The number of anilines is 1. The Balaban J connectivity index is 1.64.